The molecule has 7 nitrogen and oxygen atoms in total. The quantitative estimate of drug-likeness (QED) is 0.605. The second kappa shape index (κ2) is 10.1. The molecule has 1 saturated heterocycles. The van der Waals surface area contributed by atoms with E-state index in [4.69, 9.17) is 4.74 Å². The van der Waals surface area contributed by atoms with Crippen molar-refractivity contribution >= 4 is 28.3 Å². The summed E-state index contributed by atoms with van der Waals surface area (Å²) < 4.78 is 32.7. The predicted molar refractivity (Wildman–Crippen MR) is 103 cm³/mol. The average Bonchev–Trinajstić information content (AvgIpc) is 3.11. The molecule has 2 unspecified atom stereocenters. The first-order valence-corrected chi connectivity index (χ1v) is 9.99. The number of hydrogen-bond acceptors (Lipinski definition) is 5. The molecule has 1 aromatic carbocycles. The molecular weight excluding hydrogens is 378 g/mol. The van der Waals surface area contributed by atoms with Crippen molar-refractivity contribution in [2.45, 2.75) is 43.7 Å². The highest BCUT2D eigenvalue weighted by Crippen LogP contribution is 2.17. The monoisotopic (exact) mass is 405 g/mol. The molecule has 0 aromatic heterocycles. The fourth-order valence-corrected chi connectivity index (χ4v) is 4.09. The zero-order chi connectivity index (χ0) is 18.4. The number of hydrogen-bond donors (Lipinski definition) is 3. The van der Waals surface area contributed by atoms with E-state index in [9.17, 15) is 13.2 Å². The minimum Gasteiger partial charge on any atom is -0.497 e. The van der Waals surface area contributed by atoms with Gasteiger partial charge in [0.15, 0.2) is 0 Å². The number of sulfonamides is 1. The van der Waals surface area contributed by atoms with E-state index in [1.165, 1.54) is 19.2 Å². The van der Waals surface area contributed by atoms with E-state index >= 15 is 0 Å². The van der Waals surface area contributed by atoms with Crippen LogP contribution in [0.1, 0.15) is 26.7 Å². The van der Waals surface area contributed by atoms with Gasteiger partial charge in [0.2, 0.25) is 15.9 Å². The summed E-state index contributed by atoms with van der Waals surface area (Å²) in [5.74, 6) is 0.0894. The molecule has 0 bridgehead atoms. The lowest BCUT2D eigenvalue weighted by Crippen LogP contribution is -2.51. The van der Waals surface area contributed by atoms with Crippen LogP contribution in [0.3, 0.4) is 0 Å². The lowest BCUT2D eigenvalue weighted by atomic mass is 10.0. The van der Waals surface area contributed by atoms with E-state index in [-0.39, 0.29) is 35.2 Å². The topological polar surface area (TPSA) is 96.5 Å². The summed E-state index contributed by atoms with van der Waals surface area (Å²) in [4.78, 5) is 12.6. The third-order valence-electron chi connectivity index (χ3n) is 4.29. The van der Waals surface area contributed by atoms with E-state index in [0.29, 0.717) is 12.3 Å². The van der Waals surface area contributed by atoms with E-state index in [0.717, 1.165) is 19.4 Å². The highest BCUT2D eigenvalue weighted by molar-refractivity contribution is 7.89. The first kappa shape index (κ1) is 22.7. The van der Waals surface area contributed by atoms with Crippen LogP contribution in [0.2, 0.25) is 0 Å². The summed E-state index contributed by atoms with van der Waals surface area (Å²) in [5.41, 5.74) is 0. The first-order chi connectivity index (χ1) is 11.8. The van der Waals surface area contributed by atoms with Crippen molar-refractivity contribution in [2.75, 3.05) is 20.2 Å². The Morgan fingerprint density at radius 1 is 1.31 bits per heavy atom. The molecule has 1 aliphatic rings. The minimum absolute atomic E-state index is 0. The smallest absolute Gasteiger partial charge is 0.241 e. The Morgan fingerprint density at radius 2 is 1.96 bits per heavy atom. The number of benzene rings is 1. The zero-order valence-electron chi connectivity index (χ0n) is 15.3. The lowest BCUT2D eigenvalue weighted by molar-refractivity contribution is -0.123. The number of amides is 1. The lowest BCUT2D eigenvalue weighted by Gasteiger charge is -2.22. The Balaban J connectivity index is 0.00000338. The van der Waals surface area contributed by atoms with Gasteiger partial charge in [-0.25, -0.2) is 8.42 Å². The summed E-state index contributed by atoms with van der Waals surface area (Å²) in [6.07, 6.45) is 2.11. The van der Waals surface area contributed by atoms with Crippen molar-refractivity contribution in [1.29, 1.82) is 0 Å². The van der Waals surface area contributed by atoms with Crippen molar-refractivity contribution < 1.29 is 17.9 Å². The normalized spacial score (nSPS) is 18.2. The van der Waals surface area contributed by atoms with E-state index < -0.39 is 16.1 Å². The van der Waals surface area contributed by atoms with E-state index in [1.54, 1.807) is 12.1 Å². The number of ether oxygens (including phenoxy) is 1. The van der Waals surface area contributed by atoms with Gasteiger partial charge in [0.25, 0.3) is 0 Å². The number of carbonyl (C=O) groups excluding carboxylic acids is 1. The molecule has 1 aliphatic heterocycles. The van der Waals surface area contributed by atoms with Crippen LogP contribution < -0.4 is 20.1 Å². The zero-order valence-corrected chi connectivity index (χ0v) is 17.0. The Kier molecular flexibility index (Phi) is 8.82. The third kappa shape index (κ3) is 6.12. The van der Waals surface area contributed by atoms with Gasteiger partial charge in [-0.2, -0.15) is 4.72 Å². The largest absolute Gasteiger partial charge is 0.497 e. The maximum Gasteiger partial charge on any atom is 0.241 e. The summed E-state index contributed by atoms with van der Waals surface area (Å²) in [6.45, 7) is 5.09. The molecule has 26 heavy (non-hydrogen) atoms. The number of halogens is 1. The Morgan fingerprint density at radius 3 is 2.46 bits per heavy atom. The van der Waals surface area contributed by atoms with Gasteiger partial charge in [-0.05, 0) is 49.6 Å². The van der Waals surface area contributed by atoms with Crippen molar-refractivity contribution in [3.05, 3.63) is 24.3 Å². The second-order valence-corrected chi connectivity index (χ2v) is 8.27. The molecule has 2 rings (SSSR count). The van der Waals surface area contributed by atoms with E-state index in [1.807, 2.05) is 13.8 Å². The fourth-order valence-electron chi connectivity index (χ4n) is 2.75. The van der Waals surface area contributed by atoms with Gasteiger partial charge < -0.3 is 15.4 Å². The Labute approximate surface area is 161 Å². The molecule has 148 valence electrons. The highest BCUT2D eigenvalue weighted by Gasteiger charge is 2.29. The van der Waals surface area contributed by atoms with Crippen molar-refractivity contribution in [1.82, 2.24) is 15.4 Å². The van der Waals surface area contributed by atoms with E-state index in [2.05, 4.69) is 15.4 Å². The highest BCUT2D eigenvalue weighted by atomic mass is 35.5. The number of carbonyl (C=O) groups is 1. The molecular formula is C17H28ClN3O4S. The van der Waals surface area contributed by atoms with Crippen LogP contribution in [0.5, 0.6) is 5.75 Å². The van der Waals surface area contributed by atoms with Crippen molar-refractivity contribution in [2.24, 2.45) is 5.92 Å². The standard InChI is InChI=1S/C17H27N3O4S.ClH/c1-12(2)16(17(21)19-11-13-5-4-10-18-13)20-25(22,23)15-8-6-14(24-3)7-9-15;/h6-9,12-13,16,18,20H,4-5,10-11H2,1-3H3,(H,19,21);1H. The number of methoxy groups -OCH3 is 1. The van der Waals surface area contributed by atoms with Crippen LogP contribution in [0.15, 0.2) is 29.2 Å². The molecule has 0 spiro atoms. The van der Waals surface area contributed by atoms with Crippen LogP contribution in [0.4, 0.5) is 0 Å². The number of rotatable bonds is 8. The first-order valence-electron chi connectivity index (χ1n) is 8.51. The molecule has 9 heteroatoms. The van der Waals surface area contributed by atoms with Gasteiger partial charge in [-0.3, -0.25) is 4.79 Å². The Hall–Kier alpha value is -1.35. The molecule has 1 amide bonds. The summed E-state index contributed by atoms with van der Waals surface area (Å²) in [7, 11) is -2.28. The molecule has 1 fully saturated rings. The predicted octanol–water partition coefficient (Wildman–Crippen LogP) is 1.29. The molecule has 1 heterocycles. The molecule has 0 radical (unpaired) electrons. The van der Waals surface area contributed by atoms with Crippen LogP contribution in [-0.2, 0) is 14.8 Å². The molecule has 3 N–H and O–H groups in total. The third-order valence-corrected chi connectivity index (χ3v) is 5.74. The van der Waals surface area contributed by atoms with Crippen molar-refractivity contribution in [3.8, 4) is 5.75 Å². The molecule has 1 aromatic rings. The summed E-state index contributed by atoms with van der Waals surface area (Å²) >= 11 is 0. The van der Waals surface area contributed by atoms with Crippen LogP contribution in [-0.4, -0.2) is 46.6 Å². The van der Waals surface area contributed by atoms with Gasteiger partial charge in [-0.15, -0.1) is 12.4 Å². The second-order valence-electron chi connectivity index (χ2n) is 6.56. The molecule has 0 saturated carbocycles. The molecule has 2 atom stereocenters. The van der Waals surface area contributed by atoms with Crippen LogP contribution in [0.25, 0.3) is 0 Å². The van der Waals surface area contributed by atoms with Crippen LogP contribution >= 0.6 is 12.4 Å². The maximum absolute atomic E-state index is 12.6. The summed E-state index contributed by atoms with van der Waals surface area (Å²) in [5, 5.41) is 6.15. The Bertz CT molecular complexity index is 674. The summed E-state index contributed by atoms with van der Waals surface area (Å²) in [6, 6.07) is 5.50. The average molecular weight is 406 g/mol. The van der Waals surface area contributed by atoms with Gasteiger partial charge in [0.05, 0.1) is 12.0 Å². The van der Waals surface area contributed by atoms with Gasteiger partial charge in [0, 0.05) is 12.6 Å². The SMILES string of the molecule is COc1ccc(S(=O)(=O)NC(C(=O)NCC2CCCN2)C(C)C)cc1.Cl. The minimum atomic E-state index is -3.79. The molecule has 0 aliphatic carbocycles. The van der Waals surface area contributed by atoms with Crippen molar-refractivity contribution in [3.63, 3.8) is 0 Å². The fraction of sp³-hybridized carbons (Fsp3) is 0.588. The number of nitrogens with one attached hydrogen (secondary N) is 3. The maximum atomic E-state index is 12.6. The van der Waals surface area contributed by atoms with Gasteiger partial charge in [0.1, 0.15) is 11.8 Å². The van der Waals surface area contributed by atoms with Gasteiger partial charge >= 0.3 is 0 Å². The van der Waals surface area contributed by atoms with Gasteiger partial charge in [-0.1, -0.05) is 13.8 Å². The van der Waals surface area contributed by atoms with Crippen LogP contribution in [0, 0.1) is 5.92 Å².